The van der Waals surface area contributed by atoms with Crippen LogP contribution in [-0.2, 0) is 33.0 Å². The predicted molar refractivity (Wildman–Crippen MR) is 114 cm³/mol. The zero-order valence-electron chi connectivity index (χ0n) is 20.2. The Kier molecular flexibility index (Phi) is 6.43. The molecule has 2 saturated carbocycles. The van der Waals surface area contributed by atoms with Gasteiger partial charge in [0.1, 0.15) is 17.8 Å². The van der Waals surface area contributed by atoms with Crippen LogP contribution in [-0.4, -0.2) is 81.2 Å². The monoisotopic (exact) mass is 534 g/mol. The standard InChI is InChI=1S/C20H33F3O9SSi/c1-16(2,3)34(6,7)32-13-10-11(31-33(27,28)20(21,22)23)14-19(30-14)17(4,26)9-8-12(24)18(13,19)15(25)29-5/h11-14,24,26H,8-10H2,1-7H3/t11-,12-,13+,14-,17-,18-,19+/m0/s1. The molecule has 1 saturated heterocycles. The molecule has 0 bridgehead atoms. The quantitative estimate of drug-likeness (QED) is 0.179. The van der Waals surface area contributed by atoms with E-state index in [1.54, 1.807) is 0 Å². The first-order valence-corrected chi connectivity index (χ1v) is 15.3. The highest BCUT2D eigenvalue weighted by atomic mass is 32.2. The Hall–Kier alpha value is -0.773. The Bertz CT molecular complexity index is 946. The van der Waals surface area contributed by atoms with Gasteiger partial charge >= 0.3 is 21.6 Å². The van der Waals surface area contributed by atoms with Crippen molar-refractivity contribution in [2.45, 2.75) is 106 Å². The van der Waals surface area contributed by atoms with Crippen LogP contribution >= 0.6 is 0 Å². The summed E-state index contributed by atoms with van der Waals surface area (Å²) in [6.07, 6.45) is -6.52. The van der Waals surface area contributed by atoms with Crippen LogP contribution in [0.2, 0.25) is 18.1 Å². The number of hydrogen-bond acceptors (Lipinski definition) is 9. The molecule has 2 N–H and O–H groups in total. The molecule has 0 aromatic carbocycles. The van der Waals surface area contributed by atoms with E-state index in [0.717, 1.165) is 7.11 Å². The van der Waals surface area contributed by atoms with Crippen LogP contribution in [0.15, 0.2) is 0 Å². The molecule has 3 fully saturated rings. The Morgan fingerprint density at radius 2 is 1.76 bits per heavy atom. The molecule has 0 aromatic rings. The molecule has 0 unspecified atom stereocenters. The Labute approximate surface area is 198 Å². The number of epoxide rings is 1. The summed E-state index contributed by atoms with van der Waals surface area (Å²) in [6.45, 7) is 10.7. The lowest BCUT2D eigenvalue weighted by Crippen LogP contribution is -2.75. The van der Waals surface area contributed by atoms with Gasteiger partial charge in [0.15, 0.2) is 13.7 Å². The summed E-state index contributed by atoms with van der Waals surface area (Å²) in [5.41, 5.74) is -11.5. The summed E-state index contributed by atoms with van der Waals surface area (Å²) in [4.78, 5) is 13.4. The molecule has 1 heterocycles. The molecule has 7 atom stereocenters. The van der Waals surface area contributed by atoms with Crippen molar-refractivity contribution in [2.75, 3.05) is 7.11 Å². The number of carbonyl (C=O) groups is 1. The van der Waals surface area contributed by atoms with Gasteiger partial charge in [-0.2, -0.15) is 21.6 Å². The van der Waals surface area contributed by atoms with Gasteiger partial charge in [0.2, 0.25) is 0 Å². The van der Waals surface area contributed by atoms with E-state index >= 15 is 0 Å². The smallest absolute Gasteiger partial charge is 0.468 e. The zero-order valence-corrected chi connectivity index (χ0v) is 22.0. The van der Waals surface area contributed by atoms with E-state index in [2.05, 4.69) is 4.18 Å². The first kappa shape index (κ1) is 27.8. The zero-order chi connectivity index (χ0) is 26.3. The van der Waals surface area contributed by atoms with Gasteiger partial charge in [0, 0.05) is 6.42 Å². The molecular formula is C20H33F3O9SSi. The molecule has 198 valence electrons. The van der Waals surface area contributed by atoms with Gasteiger partial charge < -0.3 is 24.1 Å². The fourth-order valence-corrected chi connectivity index (χ4v) is 7.30. The topological polar surface area (TPSA) is 132 Å². The highest BCUT2D eigenvalue weighted by molar-refractivity contribution is 7.87. The molecule has 34 heavy (non-hydrogen) atoms. The van der Waals surface area contributed by atoms with Crippen LogP contribution in [0.4, 0.5) is 13.2 Å². The Morgan fingerprint density at radius 1 is 1.21 bits per heavy atom. The molecule has 3 aliphatic rings. The minimum Gasteiger partial charge on any atom is -0.468 e. The van der Waals surface area contributed by atoms with Crippen molar-refractivity contribution >= 4 is 24.4 Å². The lowest BCUT2D eigenvalue weighted by atomic mass is 9.51. The van der Waals surface area contributed by atoms with Gasteiger partial charge in [-0.25, -0.2) is 0 Å². The van der Waals surface area contributed by atoms with Crippen molar-refractivity contribution in [3.8, 4) is 0 Å². The van der Waals surface area contributed by atoms with Crippen LogP contribution in [0.5, 0.6) is 0 Å². The molecule has 2 aliphatic carbocycles. The second-order valence-electron chi connectivity index (χ2n) is 11.1. The number of aliphatic hydroxyl groups is 2. The number of carbonyl (C=O) groups excluding carboxylic acids is 1. The highest BCUT2D eigenvalue weighted by Crippen LogP contribution is 2.70. The van der Waals surface area contributed by atoms with Gasteiger partial charge in [0.25, 0.3) is 0 Å². The average molecular weight is 535 g/mol. The SMILES string of the molecule is COC(=O)[C@@]12[C@@H](O)CC[C@](C)(O)[C@@]13O[C@H]3[C@@H](OS(=O)(=O)C(F)(F)F)C[C@H]2O[Si](C)(C)C(C)(C)C. The second kappa shape index (κ2) is 7.86. The highest BCUT2D eigenvalue weighted by Gasteiger charge is 2.89. The number of halogens is 3. The maximum atomic E-state index is 13.4. The van der Waals surface area contributed by atoms with Gasteiger partial charge in [-0.1, -0.05) is 20.8 Å². The van der Waals surface area contributed by atoms with E-state index < -0.39 is 82.4 Å². The number of methoxy groups -OCH3 is 1. The number of aliphatic hydroxyl groups excluding tert-OH is 1. The first-order chi connectivity index (χ1) is 15.1. The third-order valence-corrected chi connectivity index (χ3v) is 13.6. The van der Waals surface area contributed by atoms with E-state index in [0.29, 0.717) is 0 Å². The normalized spacial score (nSPS) is 40.8. The van der Waals surface area contributed by atoms with Crippen molar-refractivity contribution in [1.29, 1.82) is 0 Å². The Morgan fingerprint density at radius 3 is 2.24 bits per heavy atom. The average Bonchev–Trinajstić information content (AvgIpc) is 3.41. The van der Waals surface area contributed by atoms with Crippen molar-refractivity contribution in [3.05, 3.63) is 0 Å². The van der Waals surface area contributed by atoms with Crippen LogP contribution < -0.4 is 0 Å². The van der Waals surface area contributed by atoms with Crippen LogP contribution in [0.25, 0.3) is 0 Å². The summed E-state index contributed by atoms with van der Waals surface area (Å²) < 4.78 is 84.9. The van der Waals surface area contributed by atoms with Gasteiger partial charge in [-0.3, -0.25) is 8.98 Å². The summed E-state index contributed by atoms with van der Waals surface area (Å²) in [7, 11) is -7.71. The predicted octanol–water partition coefficient (Wildman–Crippen LogP) is 2.22. The summed E-state index contributed by atoms with van der Waals surface area (Å²) in [5, 5.41) is 22.1. The van der Waals surface area contributed by atoms with E-state index in [4.69, 9.17) is 13.9 Å². The summed E-state index contributed by atoms with van der Waals surface area (Å²) >= 11 is 0. The number of ether oxygens (including phenoxy) is 2. The molecule has 0 amide bonds. The van der Waals surface area contributed by atoms with Crippen molar-refractivity contribution in [2.24, 2.45) is 5.41 Å². The van der Waals surface area contributed by atoms with E-state index in [1.165, 1.54) is 6.92 Å². The van der Waals surface area contributed by atoms with E-state index in [9.17, 15) is 36.6 Å². The molecule has 0 radical (unpaired) electrons. The van der Waals surface area contributed by atoms with Crippen molar-refractivity contribution < 1.29 is 54.7 Å². The van der Waals surface area contributed by atoms with E-state index in [1.807, 2.05) is 33.9 Å². The third kappa shape index (κ3) is 3.67. The van der Waals surface area contributed by atoms with Crippen LogP contribution in [0, 0.1) is 5.41 Å². The third-order valence-electron chi connectivity index (χ3n) is 8.09. The molecule has 9 nitrogen and oxygen atoms in total. The number of alkyl halides is 3. The van der Waals surface area contributed by atoms with Crippen molar-refractivity contribution in [1.82, 2.24) is 0 Å². The number of hydrogen-bond donors (Lipinski definition) is 2. The van der Waals surface area contributed by atoms with Crippen LogP contribution in [0.3, 0.4) is 0 Å². The van der Waals surface area contributed by atoms with Crippen molar-refractivity contribution in [3.63, 3.8) is 0 Å². The Balaban J connectivity index is 2.20. The minimum atomic E-state index is -6.02. The fraction of sp³-hybridized carbons (Fsp3) is 0.950. The van der Waals surface area contributed by atoms with Crippen LogP contribution in [0.1, 0.15) is 47.0 Å². The lowest BCUT2D eigenvalue weighted by Gasteiger charge is -2.57. The minimum absolute atomic E-state index is 0.0380. The second-order valence-corrected chi connectivity index (χ2v) is 17.4. The molecule has 0 aromatic heterocycles. The maximum Gasteiger partial charge on any atom is 0.523 e. The molecule has 3 rings (SSSR count). The van der Waals surface area contributed by atoms with Gasteiger partial charge in [-0.05, 0) is 37.9 Å². The molecule has 14 heteroatoms. The van der Waals surface area contributed by atoms with Gasteiger partial charge in [0.05, 0.1) is 24.9 Å². The van der Waals surface area contributed by atoms with E-state index in [-0.39, 0.29) is 12.8 Å². The van der Waals surface area contributed by atoms with Gasteiger partial charge in [-0.15, -0.1) is 0 Å². The number of rotatable bonds is 5. The largest absolute Gasteiger partial charge is 0.523 e. The number of esters is 1. The fourth-order valence-electron chi connectivity index (χ4n) is 5.34. The molecule has 1 spiro atoms. The first-order valence-electron chi connectivity index (χ1n) is 11.0. The summed E-state index contributed by atoms with van der Waals surface area (Å²) in [6, 6.07) is 0. The lowest BCUT2D eigenvalue weighted by molar-refractivity contribution is -0.229. The molecular weight excluding hydrogens is 501 g/mol. The summed E-state index contributed by atoms with van der Waals surface area (Å²) in [5.74, 6) is -0.955. The molecule has 1 aliphatic heterocycles. The maximum absolute atomic E-state index is 13.4.